The van der Waals surface area contributed by atoms with E-state index in [2.05, 4.69) is 24.4 Å². The molecule has 0 aliphatic rings. The maximum atomic E-state index is 11.4. The molecule has 1 N–H and O–H groups in total. The molecule has 0 fully saturated rings. The van der Waals surface area contributed by atoms with Gasteiger partial charge in [-0.15, -0.1) is 0 Å². The molecule has 0 heterocycles. The molecular formula is C21H42NNaO2. The van der Waals surface area contributed by atoms with Crippen molar-refractivity contribution in [2.45, 2.75) is 96.8 Å². The zero-order valence-corrected chi connectivity index (χ0v) is 19.3. The van der Waals surface area contributed by atoms with Crippen LogP contribution in [0.5, 0.6) is 0 Å². The molecule has 25 heavy (non-hydrogen) atoms. The number of unbranched alkanes of at least 4 members (excludes halogenated alkanes) is 11. The first-order chi connectivity index (χ1) is 11.8. The Hall–Kier alpha value is 0.170. The number of carbonyl (C=O) groups is 1. The maximum absolute atomic E-state index is 11.4. The van der Waals surface area contributed by atoms with Gasteiger partial charge in [-0.1, -0.05) is 70.4 Å². The van der Waals surface area contributed by atoms with Crippen LogP contribution >= 0.6 is 0 Å². The zero-order valence-electron chi connectivity index (χ0n) is 18.3. The van der Waals surface area contributed by atoms with Crippen molar-refractivity contribution in [2.24, 2.45) is 0 Å². The van der Waals surface area contributed by atoms with Crippen molar-refractivity contribution in [1.29, 1.82) is 0 Å². The molecule has 4 heteroatoms. The van der Waals surface area contributed by atoms with Gasteiger partial charge in [0.2, 0.25) is 0 Å². The van der Waals surface area contributed by atoms with Crippen molar-refractivity contribution in [1.82, 2.24) is 5.32 Å². The summed E-state index contributed by atoms with van der Waals surface area (Å²) in [6.07, 6.45) is 21.9. The summed E-state index contributed by atoms with van der Waals surface area (Å²) in [5.41, 5.74) is 0. The second-order valence-electron chi connectivity index (χ2n) is 6.66. The van der Waals surface area contributed by atoms with Gasteiger partial charge in [0, 0.05) is 13.0 Å². The zero-order chi connectivity index (χ0) is 17.7. The molecule has 0 radical (unpaired) electrons. The van der Waals surface area contributed by atoms with Crippen molar-refractivity contribution < 1.29 is 40.5 Å². The van der Waals surface area contributed by atoms with Gasteiger partial charge in [-0.2, -0.15) is 0 Å². The van der Waals surface area contributed by atoms with Crippen LogP contribution in [0.4, 0.5) is 0 Å². The van der Waals surface area contributed by atoms with Crippen LogP contribution in [0, 0.1) is 0 Å². The van der Waals surface area contributed by atoms with Crippen molar-refractivity contribution in [3.05, 3.63) is 12.2 Å². The van der Waals surface area contributed by atoms with E-state index in [1.165, 1.54) is 70.6 Å². The van der Waals surface area contributed by atoms with Crippen LogP contribution in [0.15, 0.2) is 12.2 Å². The molecule has 0 aliphatic carbocycles. The van der Waals surface area contributed by atoms with Crippen molar-refractivity contribution in [3.8, 4) is 0 Å². The molecule has 0 amide bonds. The number of nitrogens with one attached hydrogen (secondary N) is 1. The molecule has 0 bridgehead atoms. The van der Waals surface area contributed by atoms with Crippen LogP contribution < -0.4 is 34.9 Å². The minimum Gasteiger partial charge on any atom is -1.00 e. The molecule has 0 rings (SSSR count). The molecule has 0 aliphatic heterocycles. The number of carbonyl (C=O) groups excluding carboxylic acids is 1. The molecule has 3 nitrogen and oxygen atoms in total. The van der Waals surface area contributed by atoms with Gasteiger partial charge in [0.05, 0.1) is 0 Å². The van der Waals surface area contributed by atoms with E-state index >= 15 is 0 Å². The van der Waals surface area contributed by atoms with E-state index in [4.69, 9.17) is 4.74 Å². The Balaban J connectivity index is -0.00000264. The van der Waals surface area contributed by atoms with Crippen LogP contribution in [0.25, 0.3) is 0 Å². The van der Waals surface area contributed by atoms with Gasteiger partial charge >= 0.3 is 35.5 Å². The smallest absolute Gasteiger partial charge is 1.00 e. The Morgan fingerprint density at radius 3 is 1.96 bits per heavy atom. The summed E-state index contributed by atoms with van der Waals surface area (Å²) in [5, 5.41) is 2.96. The van der Waals surface area contributed by atoms with E-state index in [1.54, 1.807) is 0 Å². The number of hydrogen-bond donors (Lipinski definition) is 1. The van der Waals surface area contributed by atoms with Crippen LogP contribution in [-0.4, -0.2) is 26.2 Å². The first kappa shape index (κ1) is 27.4. The molecular weight excluding hydrogens is 321 g/mol. The van der Waals surface area contributed by atoms with Gasteiger partial charge < -0.3 is 11.5 Å². The second kappa shape index (κ2) is 24.2. The minimum atomic E-state index is -0.0529. The summed E-state index contributed by atoms with van der Waals surface area (Å²) >= 11 is 0. The van der Waals surface area contributed by atoms with Gasteiger partial charge in [-0.05, 0) is 39.2 Å². The number of allylic oxidation sites excluding steroid dienone is 2. The first-order valence-corrected chi connectivity index (χ1v) is 10.3. The van der Waals surface area contributed by atoms with Crippen LogP contribution in [0.3, 0.4) is 0 Å². The second-order valence-corrected chi connectivity index (χ2v) is 6.66. The van der Waals surface area contributed by atoms with Crippen molar-refractivity contribution in [3.63, 3.8) is 0 Å². The monoisotopic (exact) mass is 363 g/mol. The Labute approximate surface area is 180 Å². The Bertz CT molecular complexity index is 302. The fourth-order valence-corrected chi connectivity index (χ4v) is 2.68. The van der Waals surface area contributed by atoms with E-state index in [0.717, 1.165) is 19.4 Å². The SMILES string of the molecule is CCCCCCCC/C=C\CCCCCCCC(=O)OCCNC.[H-].[Na+]. The minimum absolute atomic E-state index is 0. The van der Waals surface area contributed by atoms with E-state index in [0.29, 0.717) is 13.0 Å². The molecule has 0 atom stereocenters. The molecule has 0 saturated heterocycles. The number of ether oxygens (including phenoxy) is 1. The molecule has 0 aromatic rings. The quantitative estimate of drug-likeness (QED) is 0.176. The van der Waals surface area contributed by atoms with E-state index in [9.17, 15) is 4.79 Å². The van der Waals surface area contributed by atoms with Crippen LogP contribution in [0.2, 0.25) is 0 Å². The van der Waals surface area contributed by atoms with E-state index in [1.807, 2.05) is 7.05 Å². The van der Waals surface area contributed by atoms with Crippen LogP contribution in [-0.2, 0) is 9.53 Å². The third kappa shape index (κ3) is 24.2. The largest absolute Gasteiger partial charge is 1.00 e. The summed E-state index contributed by atoms with van der Waals surface area (Å²) in [7, 11) is 1.86. The fourth-order valence-electron chi connectivity index (χ4n) is 2.68. The Kier molecular flexibility index (Phi) is 26.5. The Morgan fingerprint density at radius 1 is 0.880 bits per heavy atom. The van der Waals surface area contributed by atoms with Gasteiger partial charge in [-0.25, -0.2) is 0 Å². The van der Waals surface area contributed by atoms with Crippen LogP contribution in [0.1, 0.15) is 98.2 Å². The van der Waals surface area contributed by atoms with E-state index in [-0.39, 0.29) is 37.0 Å². The summed E-state index contributed by atoms with van der Waals surface area (Å²) in [6.45, 7) is 3.49. The summed E-state index contributed by atoms with van der Waals surface area (Å²) in [5.74, 6) is -0.0529. The topological polar surface area (TPSA) is 38.3 Å². The predicted molar refractivity (Wildman–Crippen MR) is 105 cm³/mol. The summed E-state index contributed by atoms with van der Waals surface area (Å²) < 4.78 is 5.09. The maximum Gasteiger partial charge on any atom is 1.00 e. The molecule has 0 spiro atoms. The standard InChI is InChI=1S/C21H41NO2.Na.H/c1-3-4-5-6-7-8-9-10-11-12-13-14-15-16-17-18-21(23)24-20-19-22-2;;/h10-11,22H,3-9,12-20H2,1-2H3;;/q;+1;-1/b11-10-;;. The van der Waals surface area contributed by atoms with Gasteiger partial charge in [0.1, 0.15) is 6.61 Å². The number of hydrogen-bond acceptors (Lipinski definition) is 3. The number of rotatable bonds is 18. The molecule has 0 saturated carbocycles. The summed E-state index contributed by atoms with van der Waals surface area (Å²) in [6, 6.07) is 0. The van der Waals surface area contributed by atoms with Crippen molar-refractivity contribution in [2.75, 3.05) is 20.2 Å². The Morgan fingerprint density at radius 2 is 1.40 bits per heavy atom. The first-order valence-electron chi connectivity index (χ1n) is 10.3. The van der Waals surface area contributed by atoms with Crippen molar-refractivity contribution >= 4 is 5.97 Å². The normalized spacial score (nSPS) is 10.8. The van der Waals surface area contributed by atoms with Gasteiger partial charge in [0.15, 0.2) is 0 Å². The van der Waals surface area contributed by atoms with Gasteiger partial charge in [0.25, 0.3) is 0 Å². The fraction of sp³-hybridized carbons (Fsp3) is 0.857. The predicted octanol–water partition coefficient (Wildman–Crippen LogP) is 2.90. The third-order valence-electron chi connectivity index (χ3n) is 4.26. The average molecular weight is 364 g/mol. The number of esters is 1. The molecule has 0 unspecified atom stereocenters. The molecule has 0 aromatic heterocycles. The van der Waals surface area contributed by atoms with E-state index < -0.39 is 0 Å². The molecule has 0 aromatic carbocycles. The van der Waals surface area contributed by atoms with Gasteiger partial charge in [-0.3, -0.25) is 4.79 Å². The average Bonchev–Trinajstić information content (AvgIpc) is 2.58. The molecule has 144 valence electrons. The number of likely N-dealkylation sites (N-methyl/N-ethyl adjacent to an activating group) is 1. The summed E-state index contributed by atoms with van der Waals surface area (Å²) in [4.78, 5) is 11.4. The third-order valence-corrected chi connectivity index (χ3v) is 4.26.